The highest BCUT2D eigenvalue weighted by Gasteiger charge is 2.35. The molecule has 120 valence electrons. The Morgan fingerprint density at radius 1 is 1.09 bits per heavy atom. The molecule has 1 rings (SSSR count). The number of hydrogen-bond donors (Lipinski definition) is 3. The lowest BCUT2D eigenvalue weighted by atomic mass is 9.82. The molecular weight excluding hydrogens is 284 g/mol. The van der Waals surface area contributed by atoms with E-state index < -0.39 is 11.4 Å². The first kappa shape index (κ1) is 17.7. The van der Waals surface area contributed by atoms with Crippen LogP contribution in [-0.4, -0.2) is 29.4 Å². The first-order valence-electron chi connectivity index (χ1n) is 7.24. The summed E-state index contributed by atoms with van der Waals surface area (Å²) in [5.74, 6) is -1.42. The van der Waals surface area contributed by atoms with Crippen LogP contribution in [0.5, 0.6) is 0 Å². The lowest BCUT2D eigenvalue weighted by Crippen LogP contribution is -2.42. The number of aliphatic carboxylic acids is 1. The quantitative estimate of drug-likeness (QED) is 0.720. The van der Waals surface area contributed by atoms with Crippen molar-refractivity contribution in [2.45, 2.75) is 33.6 Å². The number of carboxylic acids is 1. The summed E-state index contributed by atoms with van der Waals surface area (Å²) in [6, 6.07) is 6.42. The highest BCUT2D eigenvalue weighted by molar-refractivity contribution is 5.95. The van der Waals surface area contributed by atoms with E-state index in [0.717, 1.165) is 0 Å². The van der Waals surface area contributed by atoms with Gasteiger partial charge in [0.25, 0.3) is 5.91 Å². The molecule has 0 aromatic heterocycles. The SMILES string of the molecule is CCC(CC)(CNC(=O)c1ccc(NC(C)=O)cc1)C(=O)O. The summed E-state index contributed by atoms with van der Waals surface area (Å²) in [6.45, 7) is 5.08. The number of amides is 2. The molecule has 0 bridgehead atoms. The summed E-state index contributed by atoms with van der Waals surface area (Å²) >= 11 is 0. The zero-order chi connectivity index (χ0) is 16.8. The van der Waals surface area contributed by atoms with Crippen molar-refractivity contribution in [1.29, 1.82) is 0 Å². The summed E-state index contributed by atoms with van der Waals surface area (Å²) < 4.78 is 0. The molecule has 1 aromatic rings. The fourth-order valence-corrected chi connectivity index (χ4v) is 2.14. The normalized spacial score (nSPS) is 10.9. The van der Waals surface area contributed by atoms with Gasteiger partial charge in [-0.15, -0.1) is 0 Å². The van der Waals surface area contributed by atoms with E-state index in [1.807, 2.05) is 0 Å². The summed E-state index contributed by atoms with van der Waals surface area (Å²) in [4.78, 5) is 34.4. The maximum absolute atomic E-state index is 12.1. The molecule has 3 N–H and O–H groups in total. The van der Waals surface area contributed by atoms with Crippen LogP contribution >= 0.6 is 0 Å². The first-order chi connectivity index (χ1) is 10.3. The summed E-state index contributed by atoms with van der Waals surface area (Å²) in [7, 11) is 0. The standard InChI is InChI=1S/C16H22N2O4/c1-4-16(5-2,15(21)22)10-17-14(20)12-6-8-13(9-7-12)18-11(3)19/h6-9H,4-5,10H2,1-3H3,(H,17,20)(H,18,19)(H,21,22). The van der Waals surface area contributed by atoms with Crippen molar-refractivity contribution in [2.24, 2.45) is 5.41 Å². The lowest BCUT2D eigenvalue weighted by Gasteiger charge is -2.26. The number of carbonyl (C=O) groups excluding carboxylic acids is 2. The molecule has 6 heteroatoms. The van der Waals surface area contributed by atoms with Crippen molar-refractivity contribution in [1.82, 2.24) is 5.32 Å². The van der Waals surface area contributed by atoms with Crippen LogP contribution in [0.1, 0.15) is 44.0 Å². The number of anilines is 1. The topological polar surface area (TPSA) is 95.5 Å². The summed E-state index contributed by atoms with van der Waals surface area (Å²) in [6.07, 6.45) is 0.890. The minimum atomic E-state index is -0.939. The second kappa shape index (κ2) is 7.59. The average molecular weight is 306 g/mol. The molecule has 1 aromatic carbocycles. The van der Waals surface area contributed by atoms with Crippen LogP contribution in [0.15, 0.2) is 24.3 Å². The van der Waals surface area contributed by atoms with E-state index >= 15 is 0 Å². The maximum atomic E-state index is 12.1. The molecular formula is C16H22N2O4. The second-order valence-electron chi connectivity index (χ2n) is 5.23. The number of carboxylic acid groups (broad SMARTS) is 1. The van der Waals surface area contributed by atoms with Crippen molar-refractivity contribution in [3.05, 3.63) is 29.8 Å². The highest BCUT2D eigenvalue weighted by Crippen LogP contribution is 2.25. The van der Waals surface area contributed by atoms with Crippen LogP contribution in [0.2, 0.25) is 0 Å². The predicted molar refractivity (Wildman–Crippen MR) is 83.7 cm³/mol. The number of carbonyl (C=O) groups is 3. The van der Waals surface area contributed by atoms with Gasteiger partial charge in [-0.1, -0.05) is 13.8 Å². The Bertz CT molecular complexity index is 548. The Balaban J connectivity index is 2.72. The Hall–Kier alpha value is -2.37. The van der Waals surface area contributed by atoms with Gasteiger partial charge in [0, 0.05) is 24.7 Å². The van der Waals surface area contributed by atoms with Crippen LogP contribution < -0.4 is 10.6 Å². The number of benzene rings is 1. The number of rotatable bonds is 7. The smallest absolute Gasteiger partial charge is 0.311 e. The van der Waals surface area contributed by atoms with Crippen molar-refractivity contribution in [3.8, 4) is 0 Å². The molecule has 0 unspecified atom stereocenters. The Labute approximate surface area is 129 Å². The van der Waals surface area contributed by atoms with E-state index in [0.29, 0.717) is 24.1 Å². The van der Waals surface area contributed by atoms with Crippen LogP contribution in [-0.2, 0) is 9.59 Å². The summed E-state index contributed by atoms with van der Waals surface area (Å²) in [5, 5.41) is 14.6. The van der Waals surface area contributed by atoms with Gasteiger partial charge in [-0.05, 0) is 37.1 Å². The summed E-state index contributed by atoms with van der Waals surface area (Å²) in [5.41, 5.74) is 0.0813. The van der Waals surface area contributed by atoms with Gasteiger partial charge in [0.15, 0.2) is 0 Å². The van der Waals surface area contributed by atoms with E-state index in [1.165, 1.54) is 6.92 Å². The number of hydrogen-bond acceptors (Lipinski definition) is 3. The molecule has 0 saturated carbocycles. The van der Waals surface area contributed by atoms with Crippen molar-refractivity contribution in [3.63, 3.8) is 0 Å². The molecule has 0 spiro atoms. The van der Waals surface area contributed by atoms with Gasteiger partial charge in [-0.25, -0.2) is 0 Å². The minimum absolute atomic E-state index is 0.0849. The van der Waals surface area contributed by atoms with Gasteiger partial charge in [0.2, 0.25) is 5.91 Å². The highest BCUT2D eigenvalue weighted by atomic mass is 16.4. The molecule has 0 radical (unpaired) electrons. The van der Waals surface area contributed by atoms with Gasteiger partial charge in [0.1, 0.15) is 0 Å². The second-order valence-corrected chi connectivity index (χ2v) is 5.23. The first-order valence-corrected chi connectivity index (χ1v) is 7.24. The lowest BCUT2D eigenvalue weighted by molar-refractivity contribution is -0.149. The van der Waals surface area contributed by atoms with E-state index in [1.54, 1.807) is 38.1 Å². The largest absolute Gasteiger partial charge is 0.481 e. The van der Waals surface area contributed by atoms with E-state index in [9.17, 15) is 19.5 Å². The molecule has 2 amide bonds. The maximum Gasteiger partial charge on any atom is 0.311 e. The fraction of sp³-hybridized carbons (Fsp3) is 0.438. The van der Waals surface area contributed by atoms with Gasteiger partial charge >= 0.3 is 5.97 Å². The van der Waals surface area contributed by atoms with Crippen molar-refractivity contribution in [2.75, 3.05) is 11.9 Å². The molecule has 0 atom stereocenters. The van der Waals surface area contributed by atoms with E-state index in [-0.39, 0.29) is 18.4 Å². The van der Waals surface area contributed by atoms with E-state index in [2.05, 4.69) is 10.6 Å². The molecule has 6 nitrogen and oxygen atoms in total. The van der Waals surface area contributed by atoms with Crippen molar-refractivity contribution < 1.29 is 19.5 Å². The van der Waals surface area contributed by atoms with Crippen LogP contribution in [0, 0.1) is 5.41 Å². The van der Waals surface area contributed by atoms with Crippen molar-refractivity contribution >= 4 is 23.5 Å². The average Bonchev–Trinajstić information content (AvgIpc) is 2.48. The minimum Gasteiger partial charge on any atom is -0.481 e. The van der Waals surface area contributed by atoms with Crippen LogP contribution in [0.4, 0.5) is 5.69 Å². The zero-order valence-electron chi connectivity index (χ0n) is 13.1. The molecule has 0 fully saturated rings. The third-order valence-corrected chi connectivity index (χ3v) is 3.86. The predicted octanol–water partition coefficient (Wildman–Crippen LogP) is 2.27. The Morgan fingerprint density at radius 2 is 1.64 bits per heavy atom. The van der Waals surface area contributed by atoms with Gasteiger partial charge in [0.05, 0.1) is 5.41 Å². The van der Waals surface area contributed by atoms with Gasteiger partial charge in [-0.2, -0.15) is 0 Å². The molecule has 0 aliphatic heterocycles. The Kier molecular flexibility index (Phi) is 6.10. The molecule has 0 aliphatic carbocycles. The van der Waals surface area contributed by atoms with Gasteiger partial charge in [-0.3, -0.25) is 14.4 Å². The molecule has 22 heavy (non-hydrogen) atoms. The molecule has 0 aliphatic rings. The van der Waals surface area contributed by atoms with E-state index in [4.69, 9.17) is 0 Å². The van der Waals surface area contributed by atoms with Crippen LogP contribution in [0.25, 0.3) is 0 Å². The fourth-order valence-electron chi connectivity index (χ4n) is 2.14. The zero-order valence-corrected chi connectivity index (χ0v) is 13.1. The Morgan fingerprint density at radius 3 is 2.05 bits per heavy atom. The third kappa shape index (κ3) is 4.31. The number of nitrogens with one attached hydrogen (secondary N) is 2. The molecule has 0 heterocycles. The third-order valence-electron chi connectivity index (χ3n) is 3.86. The van der Waals surface area contributed by atoms with Crippen LogP contribution in [0.3, 0.4) is 0 Å². The van der Waals surface area contributed by atoms with Gasteiger partial charge < -0.3 is 15.7 Å². The molecule has 0 saturated heterocycles. The monoisotopic (exact) mass is 306 g/mol.